The third-order valence-corrected chi connectivity index (χ3v) is 5.57. The summed E-state index contributed by atoms with van der Waals surface area (Å²) in [7, 11) is 0. The van der Waals surface area contributed by atoms with Crippen LogP contribution in [0.3, 0.4) is 0 Å². The Morgan fingerprint density at radius 1 is 1.15 bits per heavy atom. The number of amides is 2. The first kappa shape index (κ1) is 19.5. The fraction of sp³-hybridized carbons (Fsp3) is 0.571. The average molecular weight is 370 g/mol. The molecule has 27 heavy (non-hydrogen) atoms. The number of hydrogen-bond donors (Lipinski definition) is 1. The van der Waals surface area contributed by atoms with E-state index in [9.17, 15) is 9.59 Å². The molecule has 2 aliphatic heterocycles. The third-order valence-electron chi connectivity index (χ3n) is 5.57. The second kappa shape index (κ2) is 9.13. The molecular weight excluding hydrogens is 340 g/mol. The molecule has 1 aromatic carbocycles. The van der Waals surface area contributed by atoms with Crippen LogP contribution in [0, 0.1) is 0 Å². The van der Waals surface area contributed by atoms with E-state index in [1.165, 1.54) is 24.3 Å². The zero-order chi connectivity index (χ0) is 19.2. The van der Waals surface area contributed by atoms with E-state index >= 15 is 0 Å². The Labute approximate surface area is 161 Å². The number of nitrogens with one attached hydrogen (secondary N) is 1. The first-order valence-electron chi connectivity index (χ1n) is 10.0. The fourth-order valence-electron chi connectivity index (χ4n) is 3.99. The van der Waals surface area contributed by atoms with Crippen molar-refractivity contribution in [2.24, 2.45) is 5.10 Å². The molecule has 2 heterocycles. The molecule has 1 aromatic rings. The zero-order valence-corrected chi connectivity index (χ0v) is 16.4. The normalized spacial score (nSPS) is 23.9. The Hall–Kier alpha value is -2.21. The van der Waals surface area contributed by atoms with Crippen LogP contribution in [0.25, 0.3) is 0 Å². The SMILES string of the molecule is C[C@@H]1CCC[C@@H](C)N1CCNC(=O)CN1N=C(c2ccccc2)CCC1=O. The van der Waals surface area contributed by atoms with Gasteiger partial charge in [0, 0.05) is 38.0 Å². The molecule has 0 saturated carbocycles. The topological polar surface area (TPSA) is 65.0 Å². The third kappa shape index (κ3) is 5.16. The molecule has 0 aliphatic carbocycles. The molecule has 0 unspecified atom stereocenters. The van der Waals surface area contributed by atoms with Crippen molar-refractivity contribution >= 4 is 17.5 Å². The van der Waals surface area contributed by atoms with Crippen molar-refractivity contribution in [2.45, 2.75) is 58.0 Å². The van der Waals surface area contributed by atoms with Crippen LogP contribution in [-0.4, -0.2) is 59.2 Å². The van der Waals surface area contributed by atoms with Gasteiger partial charge in [0.05, 0.1) is 5.71 Å². The Morgan fingerprint density at radius 3 is 2.56 bits per heavy atom. The van der Waals surface area contributed by atoms with Crippen LogP contribution < -0.4 is 5.32 Å². The van der Waals surface area contributed by atoms with Crippen LogP contribution in [0.15, 0.2) is 35.4 Å². The van der Waals surface area contributed by atoms with Gasteiger partial charge in [0.15, 0.2) is 0 Å². The minimum Gasteiger partial charge on any atom is -0.353 e. The lowest BCUT2D eigenvalue weighted by Crippen LogP contribution is -2.48. The van der Waals surface area contributed by atoms with Crippen molar-refractivity contribution in [1.29, 1.82) is 0 Å². The molecule has 0 bridgehead atoms. The van der Waals surface area contributed by atoms with E-state index in [-0.39, 0.29) is 18.4 Å². The van der Waals surface area contributed by atoms with Gasteiger partial charge in [0.25, 0.3) is 0 Å². The van der Waals surface area contributed by atoms with E-state index in [2.05, 4.69) is 29.2 Å². The summed E-state index contributed by atoms with van der Waals surface area (Å²) in [4.78, 5) is 26.9. The van der Waals surface area contributed by atoms with Gasteiger partial charge in [-0.1, -0.05) is 36.8 Å². The van der Waals surface area contributed by atoms with Crippen molar-refractivity contribution in [1.82, 2.24) is 15.2 Å². The summed E-state index contributed by atoms with van der Waals surface area (Å²) < 4.78 is 0. The number of benzene rings is 1. The lowest BCUT2D eigenvalue weighted by Gasteiger charge is -2.39. The first-order chi connectivity index (χ1) is 13.0. The molecule has 1 N–H and O–H groups in total. The predicted octanol–water partition coefficient (Wildman–Crippen LogP) is 2.39. The van der Waals surface area contributed by atoms with E-state index < -0.39 is 0 Å². The molecule has 3 rings (SSSR count). The molecule has 2 atom stereocenters. The maximum atomic E-state index is 12.3. The molecule has 6 heteroatoms. The van der Waals surface area contributed by atoms with Gasteiger partial charge >= 0.3 is 0 Å². The van der Waals surface area contributed by atoms with E-state index in [1.807, 2.05) is 30.3 Å². The van der Waals surface area contributed by atoms with Crippen LogP contribution in [0.1, 0.15) is 51.5 Å². The van der Waals surface area contributed by atoms with Gasteiger partial charge in [0.2, 0.25) is 11.8 Å². The summed E-state index contributed by atoms with van der Waals surface area (Å²) in [5, 5.41) is 8.69. The molecule has 0 aromatic heterocycles. The molecule has 2 amide bonds. The zero-order valence-electron chi connectivity index (χ0n) is 16.4. The highest BCUT2D eigenvalue weighted by Gasteiger charge is 2.25. The highest BCUT2D eigenvalue weighted by molar-refractivity contribution is 6.04. The molecule has 1 fully saturated rings. The monoisotopic (exact) mass is 370 g/mol. The summed E-state index contributed by atoms with van der Waals surface area (Å²) in [5.41, 5.74) is 1.86. The van der Waals surface area contributed by atoms with Crippen LogP contribution in [0.2, 0.25) is 0 Å². The number of carbonyl (C=O) groups excluding carboxylic acids is 2. The lowest BCUT2D eigenvalue weighted by molar-refractivity contribution is -0.136. The second-order valence-corrected chi connectivity index (χ2v) is 7.58. The molecule has 146 valence electrons. The number of hydrogen-bond acceptors (Lipinski definition) is 4. The van der Waals surface area contributed by atoms with Gasteiger partial charge in [-0.25, -0.2) is 5.01 Å². The van der Waals surface area contributed by atoms with E-state index in [0.29, 0.717) is 31.5 Å². The Kier molecular flexibility index (Phi) is 6.61. The molecule has 2 aliphatic rings. The number of piperidine rings is 1. The van der Waals surface area contributed by atoms with E-state index in [1.54, 1.807) is 0 Å². The Bertz CT molecular complexity index is 679. The van der Waals surface area contributed by atoms with Gasteiger partial charge in [-0.15, -0.1) is 0 Å². The minimum atomic E-state index is -0.154. The van der Waals surface area contributed by atoms with Gasteiger partial charge < -0.3 is 5.32 Å². The van der Waals surface area contributed by atoms with Gasteiger partial charge in [-0.2, -0.15) is 5.10 Å². The van der Waals surface area contributed by atoms with E-state index in [0.717, 1.165) is 17.8 Å². The van der Waals surface area contributed by atoms with Crippen LogP contribution >= 0.6 is 0 Å². The summed E-state index contributed by atoms with van der Waals surface area (Å²) >= 11 is 0. The van der Waals surface area contributed by atoms with Crippen molar-refractivity contribution in [3.63, 3.8) is 0 Å². The number of carbonyl (C=O) groups is 2. The number of likely N-dealkylation sites (tertiary alicyclic amines) is 1. The highest BCUT2D eigenvalue weighted by atomic mass is 16.2. The first-order valence-corrected chi connectivity index (χ1v) is 10.0. The van der Waals surface area contributed by atoms with Crippen LogP contribution in [-0.2, 0) is 9.59 Å². The quantitative estimate of drug-likeness (QED) is 0.836. The second-order valence-electron chi connectivity index (χ2n) is 7.58. The minimum absolute atomic E-state index is 0.0136. The largest absolute Gasteiger partial charge is 0.353 e. The van der Waals surface area contributed by atoms with E-state index in [4.69, 9.17) is 0 Å². The van der Waals surface area contributed by atoms with Crippen molar-refractivity contribution < 1.29 is 9.59 Å². The summed E-state index contributed by atoms with van der Waals surface area (Å²) in [6.45, 7) is 5.94. The van der Waals surface area contributed by atoms with Crippen molar-refractivity contribution in [2.75, 3.05) is 19.6 Å². The standard InChI is InChI=1S/C21H30N4O2/c1-16-7-6-8-17(2)24(16)14-13-22-20(26)15-25-21(27)12-11-19(23-25)18-9-4-3-5-10-18/h3-5,9-10,16-17H,6-8,11-15H2,1-2H3,(H,22,26)/t16-,17-/m1/s1. The summed E-state index contributed by atoms with van der Waals surface area (Å²) in [6, 6.07) is 10.9. The number of rotatable bonds is 6. The van der Waals surface area contributed by atoms with Crippen LogP contribution in [0.4, 0.5) is 0 Å². The van der Waals surface area contributed by atoms with Gasteiger partial charge in [-0.3, -0.25) is 14.5 Å². The highest BCUT2D eigenvalue weighted by Crippen LogP contribution is 2.21. The molecule has 6 nitrogen and oxygen atoms in total. The lowest BCUT2D eigenvalue weighted by atomic mass is 9.98. The fourth-order valence-corrected chi connectivity index (χ4v) is 3.99. The van der Waals surface area contributed by atoms with Gasteiger partial charge in [-0.05, 0) is 32.3 Å². The smallest absolute Gasteiger partial charge is 0.243 e. The Balaban J connectivity index is 1.51. The van der Waals surface area contributed by atoms with Crippen molar-refractivity contribution in [3.8, 4) is 0 Å². The molecule has 0 spiro atoms. The maximum Gasteiger partial charge on any atom is 0.243 e. The van der Waals surface area contributed by atoms with Gasteiger partial charge in [0.1, 0.15) is 6.54 Å². The van der Waals surface area contributed by atoms with Crippen molar-refractivity contribution in [3.05, 3.63) is 35.9 Å². The summed E-state index contributed by atoms with van der Waals surface area (Å²) in [5.74, 6) is -0.248. The predicted molar refractivity (Wildman–Crippen MR) is 106 cm³/mol. The Morgan fingerprint density at radius 2 is 1.85 bits per heavy atom. The maximum absolute atomic E-state index is 12.3. The molecular formula is C21H30N4O2. The molecule has 1 saturated heterocycles. The summed E-state index contributed by atoms with van der Waals surface area (Å²) in [6.07, 6.45) is 4.73. The van der Waals surface area contributed by atoms with Crippen LogP contribution in [0.5, 0.6) is 0 Å². The molecule has 0 radical (unpaired) electrons. The average Bonchev–Trinajstić information content (AvgIpc) is 2.66. The number of hydrazone groups is 1. The number of nitrogens with zero attached hydrogens (tertiary/aromatic N) is 3.